The van der Waals surface area contributed by atoms with Crippen LogP contribution in [0.4, 0.5) is 0 Å². The van der Waals surface area contributed by atoms with E-state index in [0.29, 0.717) is 22.6 Å². The van der Waals surface area contributed by atoms with E-state index in [1.54, 1.807) is 18.3 Å². The van der Waals surface area contributed by atoms with Gasteiger partial charge in [0, 0.05) is 19.3 Å². The average Bonchev–Trinajstić information content (AvgIpc) is 2.28. The van der Waals surface area contributed by atoms with Gasteiger partial charge >= 0.3 is 0 Å². The lowest BCUT2D eigenvalue weighted by Crippen LogP contribution is -2.42. The van der Waals surface area contributed by atoms with Crippen molar-refractivity contribution in [1.82, 2.24) is 9.88 Å². The molecule has 1 saturated heterocycles. The summed E-state index contributed by atoms with van der Waals surface area (Å²) in [6, 6.07) is 3.40. The molecule has 0 spiro atoms. The highest BCUT2D eigenvalue weighted by molar-refractivity contribution is 6.29. The van der Waals surface area contributed by atoms with Gasteiger partial charge in [0.15, 0.2) is 0 Å². The van der Waals surface area contributed by atoms with Crippen molar-refractivity contribution in [2.24, 2.45) is 11.8 Å². The summed E-state index contributed by atoms with van der Waals surface area (Å²) in [7, 11) is 0. The van der Waals surface area contributed by atoms with Crippen LogP contribution in [0.5, 0.6) is 0 Å². The highest BCUT2D eigenvalue weighted by Crippen LogP contribution is 2.22. The maximum Gasteiger partial charge on any atom is 0.255 e. The lowest BCUT2D eigenvalue weighted by Gasteiger charge is -2.35. The molecule has 1 aliphatic rings. The minimum atomic E-state index is 0.0626. The van der Waals surface area contributed by atoms with Gasteiger partial charge in [-0.2, -0.15) is 0 Å². The minimum Gasteiger partial charge on any atom is -0.338 e. The fourth-order valence-corrected chi connectivity index (χ4v) is 2.63. The first-order valence-electron chi connectivity index (χ1n) is 5.97. The molecule has 17 heavy (non-hydrogen) atoms. The molecule has 1 aromatic heterocycles. The van der Waals surface area contributed by atoms with E-state index in [1.165, 1.54) is 6.42 Å². The standard InChI is InChI=1S/C13H17ClN2O/c1-9-5-10(2)8-16(7-9)13(17)11-3-4-12(14)15-6-11/h3-4,6,9-10H,5,7-8H2,1-2H3/t9-,10+. The number of piperidine rings is 1. The zero-order valence-electron chi connectivity index (χ0n) is 10.2. The third kappa shape index (κ3) is 2.97. The zero-order valence-corrected chi connectivity index (χ0v) is 10.9. The molecule has 2 atom stereocenters. The molecular weight excluding hydrogens is 236 g/mol. The SMILES string of the molecule is C[C@@H]1C[C@H](C)CN(C(=O)c2ccc(Cl)nc2)C1. The van der Waals surface area contributed by atoms with Crippen molar-refractivity contribution in [3.05, 3.63) is 29.0 Å². The van der Waals surface area contributed by atoms with Crippen LogP contribution in [-0.4, -0.2) is 28.9 Å². The van der Waals surface area contributed by atoms with Gasteiger partial charge in [-0.05, 0) is 30.4 Å². The van der Waals surface area contributed by atoms with E-state index >= 15 is 0 Å². The number of nitrogens with zero attached hydrogens (tertiary/aromatic N) is 2. The Labute approximate surface area is 107 Å². The van der Waals surface area contributed by atoms with Crippen LogP contribution < -0.4 is 0 Å². The highest BCUT2D eigenvalue weighted by Gasteiger charge is 2.26. The van der Waals surface area contributed by atoms with Crippen LogP contribution in [0.3, 0.4) is 0 Å². The molecule has 2 rings (SSSR count). The third-order valence-electron chi connectivity index (χ3n) is 3.13. The molecule has 2 heterocycles. The summed E-state index contributed by atoms with van der Waals surface area (Å²) >= 11 is 5.71. The van der Waals surface area contributed by atoms with Gasteiger partial charge in [0.25, 0.3) is 5.91 Å². The second kappa shape index (κ2) is 5.05. The van der Waals surface area contributed by atoms with Crippen molar-refractivity contribution in [3.63, 3.8) is 0 Å². The Kier molecular flexibility index (Phi) is 3.67. The molecule has 0 aromatic carbocycles. The minimum absolute atomic E-state index is 0.0626. The topological polar surface area (TPSA) is 33.2 Å². The van der Waals surface area contributed by atoms with Crippen LogP contribution in [-0.2, 0) is 0 Å². The number of carbonyl (C=O) groups excluding carboxylic acids is 1. The monoisotopic (exact) mass is 252 g/mol. The first-order valence-corrected chi connectivity index (χ1v) is 6.35. The maximum atomic E-state index is 12.2. The van der Waals surface area contributed by atoms with Crippen LogP contribution in [0.15, 0.2) is 18.3 Å². The Morgan fingerprint density at radius 1 is 1.35 bits per heavy atom. The molecule has 0 N–H and O–H groups in total. The molecule has 1 aromatic rings. The summed E-state index contributed by atoms with van der Waals surface area (Å²) in [6.45, 7) is 6.06. The molecule has 4 heteroatoms. The molecule has 0 radical (unpaired) electrons. The highest BCUT2D eigenvalue weighted by atomic mass is 35.5. The summed E-state index contributed by atoms with van der Waals surface area (Å²) in [5, 5.41) is 0.418. The largest absolute Gasteiger partial charge is 0.338 e. The number of amides is 1. The Hall–Kier alpha value is -1.09. The zero-order chi connectivity index (χ0) is 12.4. The lowest BCUT2D eigenvalue weighted by molar-refractivity contribution is 0.0622. The molecule has 3 nitrogen and oxygen atoms in total. The maximum absolute atomic E-state index is 12.2. The normalized spacial score (nSPS) is 24.8. The Balaban J connectivity index is 2.11. The Morgan fingerprint density at radius 3 is 2.53 bits per heavy atom. The summed E-state index contributed by atoms with van der Waals surface area (Å²) in [4.78, 5) is 18.1. The van der Waals surface area contributed by atoms with E-state index in [1.807, 2.05) is 4.90 Å². The predicted octanol–water partition coefficient (Wildman–Crippen LogP) is 2.85. The number of hydrogen-bond acceptors (Lipinski definition) is 2. The number of pyridine rings is 1. The van der Waals surface area contributed by atoms with E-state index in [9.17, 15) is 4.79 Å². The summed E-state index contributed by atoms with van der Waals surface area (Å²) in [6.07, 6.45) is 2.75. The molecule has 0 saturated carbocycles. The first kappa shape index (κ1) is 12.4. The Bertz CT molecular complexity index is 394. The molecule has 0 unspecified atom stereocenters. The van der Waals surface area contributed by atoms with Crippen LogP contribution in [0.25, 0.3) is 0 Å². The molecule has 0 bridgehead atoms. The van der Waals surface area contributed by atoms with Crippen molar-refractivity contribution in [2.75, 3.05) is 13.1 Å². The quantitative estimate of drug-likeness (QED) is 0.720. The van der Waals surface area contributed by atoms with E-state index in [4.69, 9.17) is 11.6 Å². The van der Waals surface area contributed by atoms with Crippen molar-refractivity contribution >= 4 is 17.5 Å². The van der Waals surface area contributed by atoms with Crippen molar-refractivity contribution in [2.45, 2.75) is 20.3 Å². The summed E-state index contributed by atoms with van der Waals surface area (Å²) in [5.41, 5.74) is 0.621. The molecule has 1 amide bonds. The van der Waals surface area contributed by atoms with E-state index in [0.717, 1.165) is 13.1 Å². The van der Waals surface area contributed by atoms with Gasteiger partial charge in [-0.25, -0.2) is 4.98 Å². The van der Waals surface area contributed by atoms with Gasteiger partial charge < -0.3 is 4.90 Å². The van der Waals surface area contributed by atoms with Gasteiger partial charge in [0.1, 0.15) is 5.15 Å². The fourth-order valence-electron chi connectivity index (χ4n) is 2.51. The van der Waals surface area contributed by atoms with Crippen molar-refractivity contribution in [3.8, 4) is 0 Å². The Morgan fingerprint density at radius 2 is 2.00 bits per heavy atom. The van der Waals surface area contributed by atoms with Crippen LogP contribution >= 0.6 is 11.6 Å². The lowest BCUT2D eigenvalue weighted by atomic mass is 9.91. The summed E-state index contributed by atoms with van der Waals surface area (Å²) in [5.74, 6) is 1.21. The number of carbonyl (C=O) groups is 1. The number of rotatable bonds is 1. The van der Waals surface area contributed by atoms with E-state index in [2.05, 4.69) is 18.8 Å². The summed E-state index contributed by atoms with van der Waals surface area (Å²) < 4.78 is 0. The van der Waals surface area contributed by atoms with Crippen LogP contribution in [0.2, 0.25) is 5.15 Å². The number of aromatic nitrogens is 1. The van der Waals surface area contributed by atoms with Crippen LogP contribution in [0.1, 0.15) is 30.6 Å². The van der Waals surface area contributed by atoms with Crippen molar-refractivity contribution in [1.29, 1.82) is 0 Å². The first-order chi connectivity index (χ1) is 8.06. The molecule has 1 aliphatic heterocycles. The fraction of sp³-hybridized carbons (Fsp3) is 0.538. The molecule has 0 aliphatic carbocycles. The average molecular weight is 253 g/mol. The number of hydrogen-bond donors (Lipinski definition) is 0. The van der Waals surface area contributed by atoms with Crippen molar-refractivity contribution < 1.29 is 4.79 Å². The number of likely N-dealkylation sites (tertiary alicyclic amines) is 1. The van der Waals surface area contributed by atoms with E-state index in [-0.39, 0.29) is 5.91 Å². The van der Waals surface area contributed by atoms with Gasteiger partial charge in [-0.1, -0.05) is 25.4 Å². The molecular formula is C13H17ClN2O. The second-order valence-electron chi connectivity index (χ2n) is 5.03. The molecule has 1 fully saturated rings. The number of halogens is 1. The van der Waals surface area contributed by atoms with Crippen LogP contribution in [0, 0.1) is 11.8 Å². The second-order valence-corrected chi connectivity index (χ2v) is 5.41. The molecule has 92 valence electrons. The smallest absolute Gasteiger partial charge is 0.255 e. The predicted molar refractivity (Wildman–Crippen MR) is 68.1 cm³/mol. The van der Waals surface area contributed by atoms with Gasteiger partial charge in [-0.15, -0.1) is 0 Å². The van der Waals surface area contributed by atoms with Gasteiger partial charge in [-0.3, -0.25) is 4.79 Å². The van der Waals surface area contributed by atoms with Gasteiger partial charge in [0.2, 0.25) is 0 Å². The third-order valence-corrected chi connectivity index (χ3v) is 3.35. The van der Waals surface area contributed by atoms with Gasteiger partial charge in [0.05, 0.1) is 5.56 Å². The van der Waals surface area contributed by atoms with E-state index < -0.39 is 0 Å².